The van der Waals surface area contributed by atoms with Gasteiger partial charge in [-0.3, -0.25) is 0 Å². The first-order valence-corrected chi connectivity index (χ1v) is 7.52. The fourth-order valence-electron chi connectivity index (χ4n) is 1.88. The van der Waals surface area contributed by atoms with Crippen LogP contribution in [0.4, 0.5) is 10.8 Å². The molecule has 4 heteroatoms. The average Bonchev–Trinajstić information content (AvgIpc) is 2.88. The Bertz CT molecular complexity index is 719. The second kappa shape index (κ2) is 5.65. The zero-order chi connectivity index (χ0) is 13.9. The van der Waals surface area contributed by atoms with Crippen molar-refractivity contribution in [3.8, 4) is 11.3 Å². The number of halogens is 1. The lowest BCUT2D eigenvalue weighted by molar-refractivity contribution is 1.37. The van der Waals surface area contributed by atoms with Crippen molar-refractivity contribution in [1.29, 1.82) is 0 Å². The molecule has 0 radical (unpaired) electrons. The number of benzene rings is 2. The van der Waals surface area contributed by atoms with Crippen LogP contribution >= 0.6 is 22.9 Å². The lowest BCUT2D eigenvalue weighted by atomic mass is 10.1. The SMILES string of the molecule is Cc1ccc(-c2csc(Nc3cccc(Cl)c3)n2)cc1. The van der Waals surface area contributed by atoms with Gasteiger partial charge in [0.2, 0.25) is 0 Å². The van der Waals surface area contributed by atoms with E-state index in [1.54, 1.807) is 11.3 Å². The largest absolute Gasteiger partial charge is 0.331 e. The summed E-state index contributed by atoms with van der Waals surface area (Å²) in [6.45, 7) is 2.08. The van der Waals surface area contributed by atoms with E-state index in [0.29, 0.717) is 5.02 Å². The molecule has 100 valence electrons. The van der Waals surface area contributed by atoms with Crippen molar-refractivity contribution >= 4 is 33.8 Å². The van der Waals surface area contributed by atoms with E-state index in [4.69, 9.17) is 11.6 Å². The molecule has 2 aromatic carbocycles. The number of hydrogen-bond donors (Lipinski definition) is 1. The fourth-order valence-corrected chi connectivity index (χ4v) is 2.81. The summed E-state index contributed by atoms with van der Waals surface area (Å²) in [6.07, 6.45) is 0. The van der Waals surface area contributed by atoms with Crippen LogP contribution < -0.4 is 5.32 Å². The Morgan fingerprint density at radius 2 is 1.90 bits per heavy atom. The molecule has 3 rings (SSSR count). The molecular weight excluding hydrogens is 288 g/mol. The summed E-state index contributed by atoms with van der Waals surface area (Å²) < 4.78 is 0. The first-order chi connectivity index (χ1) is 9.70. The number of nitrogens with one attached hydrogen (secondary N) is 1. The molecule has 0 aliphatic carbocycles. The van der Waals surface area contributed by atoms with Gasteiger partial charge in [0.15, 0.2) is 5.13 Å². The van der Waals surface area contributed by atoms with Crippen LogP contribution in [0.3, 0.4) is 0 Å². The van der Waals surface area contributed by atoms with Crippen molar-refractivity contribution < 1.29 is 0 Å². The second-order valence-electron chi connectivity index (χ2n) is 4.54. The smallest absolute Gasteiger partial charge is 0.187 e. The monoisotopic (exact) mass is 300 g/mol. The normalized spacial score (nSPS) is 10.5. The van der Waals surface area contributed by atoms with Crippen molar-refractivity contribution in [2.75, 3.05) is 5.32 Å². The Kier molecular flexibility index (Phi) is 3.72. The van der Waals surface area contributed by atoms with Gasteiger partial charge in [0, 0.05) is 21.7 Å². The second-order valence-corrected chi connectivity index (χ2v) is 5.83. The number of thiazole rings is 1. The van der Waals surface area contributed by atoms with E-state index in [0.717, 1.165) is 22.1 Å². The quantitative estimate of drug-likeness (QED) is 0.689. The third kappa shape index (κ3) is 3.00. The Balaban J connectivity index is 1.82. The molecule has 1 aromatic heterocycles. The van der Waals surface area contributed by atoms with Crippen molar-refractivity contribution in [3.05, 3.63) is 64.5 Å². The first kappa shape index (κ1) is 13.2. The summed E-state index contributed by atoms with van der Waals surface area (Å²) in [5, 5.41) is 6.90. The molecule has 0 atom stereocenters. The van der Waals surface area contributed by atoms with Crippen LogP contribution in [0.1, 0.15) is 5.56 Å². The van der Waals surface area contributed by atoms with Crippen LogP contribution in [-0.4, -0.2) is 4.98 Å². The van der Waals surface area contributed by atoms with Crippen LogP contribution in [0.15, 0.2) is 53.9 Å². The zero-order valence-corrected chi connectivity index (χ0v) is 12.5. The standard InChI is InChI=1S/C16H13ClN2S/c1-11-5-7-12(8-6-11)15-10-20-16(19-15)18-14-4-2-3-13(17)9-14/h2-10H,1H3,(H,18,19). The van der Waals surface area contributed by atoms with Gasteiger partial charge in [0.1, 0.15) is 0 Å². The molecule has 2 nitrogen and oxygen atoms in total. The van der Waals surface area contributed by atoms with Gasteiger partial charge in [-0.2, -0.15) is 0 Å². The van der Waals surface area contributed by atoms with E-state index in [-0.39, 0.29) is 0 Å². The summed E-state index contributed by atoms with van der Waals surface area (Å²) in [7, 11) is 0. The highest BCUT2D eigenvalue weighted by atomic mass is 35.5. The summed E-state index contributed by atoms with van der Waals surface area (Å²) in [6, 6.07) is 16.0. The number of aromatic nitrogens is 1. The Morgan fingerprint density at radius 1 is 1.10 bits per heavy atom. The highest BCUT2D eigenvalue weighted by molar-refractivity contribution is 7.14. The molecule has 0 unspecified atom stereocenters. The molecule has 0 spiro atoms. The summed E-state index contributed by atoms with van der Waals surface area (Å²) in [5.74, 6) is 0. The summed E-state index contributed by atoms with van der Waals surface area (Å²) >= 11 is 7.55. The lowest BCUT2D eigenvalue weighted by Gasteiger charge is -2.02. The minimum atomic E-state index is 0.713. The molecule has 0 aliphatic heterocycles. The maximum absolute atomic E-state index is 5.97. The van der Waals surface area contributed by atoms with E-state index in [2.05, 4.69) is 46.9 Å². The summed E-state index contributed by atoms with van der Waals surface area (Å²) in [4.78, 5) is 4.60. The molecule has 0 amide bonds. The summed E-state index contributed by atoms with van der Waals surface area (Å²) in [5.41, 5.74) is 4.31. The van der Waals surface area contributed by atoms with E-state index in [1.165, 1.54) is 5.56 Å². The third-order valence-electron chi connectivity index (χ3n) is 2.93. The van der Waals surface area contributed by atoms with E-state index in [9.17, 15) is 0 Å². The molecule has 0 saturated heterocycles. The van der Waals surface area contributed by atoms with Crippen LogP contribution in [0.5, 0.6) is 0 Å². The fraction of sp³-hybridized carbons (Fsp3) is 0.0625. The maximum Gasteiger partial charge on any atom is 0.187 e. The van der Waals surface area contributed by atoms with Gasteiger partial charge < -0.3 is 5.32 Å². The lowest BCUT2D eigenvalue weighted by Crippen LogP contribution is -1.89. The molecular formula is C16H13ClN2S. The molecule has 0 saturated carbocycles. The van der Waals surface area contributed by atoms with Gasteiger partial charge in [-0.25, -0.2) is 4.98 Å². The molecule has 0 bridgehead atoms. The van der Waals surface area contributed by atoms with Crippen molar-refractivity contribution in [2.24, 2.45) is 0 Å². The van der Waals surface area contributed by atoms with Gasteiger partial charge >= 0.3 is 0 Å². The predicted octanol–water partition coefficient (Wildman–Crippen LogP) is 5.52. The van der Waals surface area contributed by atoms with Crippen LogP contribution in [0, 0.1) is 6.92 Å². The van der Waals surface area contributed by atoms with Crippen LogP contribution in [-0.2, 0) is 0 Å². The molecule has 3 aromatic rings. The average molecular weight is 301 g/mol. The van der Waals surface area contributed by atoms with Gasteiger partial charge in [-0.05, 0) is 25.1 Å². The topological polar surface area (TPSA) is 24.9 Å². The minimum Gasteiger partial charge on any atom is -0.331 e. The highest BCUT2D eigenvalue weighted by Crippen LogP contribution is 2.28. The number of hydrogen-bond acceptors (Lipinski definition) is 3. The van der Waals surface area contributed by atoms with Crippen LogP contribution in [0.25, 0.3) is 11.3 Å². The first-order valence-electron chi connectivity index (χ1n) is 6.26. The van der Waals surface area contributed by atoms with Crippen molar-refractivity contribution in [1.82, 2.24) is 4.98 Å². The Morgan fingerprint density at radius 3 is 2.65 bits per heavy atom. The predicted molar refractivity (Wildman–Crippen MR) is 87.0 cm³/mol. The number of rotatable bonds is 3. The van der Waals surface area contributed by atoms with E-state index in [1.807, 2.05) is 24.3 Å². The Labute approximate surface area is 127 Å². The third-order valence-corrected chi connectivity index (χ3v) is 3.92. The molecule has 1 N–H and O–H groups in total. The van der Waals surface area contributed by atoms with Crippen molar-refractivity contribution in [2.45, 2.75) is 6.92 Å². The van der Waals surface area contributed by atoms with Crippen molar-refractivity contribution in [3.63, 3.8) is 0 Å². The highest BCUT2D eigenvalue weighted by Gasteiger charge is 2.05. The molecule has 0 fully saturated rings. The van der Waals surface area contributed by atoms with E-state index < -0.39 is 0 Å². The molecule has 0 aliphatic rings. The Hall–Kier alpha value is -1.84. The minimum absolute atomic E-state index is 0.713. The molecule has 20 heavy (non-hydrogen) atoms. The zero-order valence-electron chi connectivity index (χ0n) is 10.9. The van der Waals surface area contributed by atoms with Gasteiger partial charge in [-0.15, -0.1) is 11.3 Å². The number of anilines is 2. The maximum atomic E-state index is 5.97. The van der Waals surface area contributed by atoms with Gasteiger partial charge in [0.05, 0.1) is 5.69 Å². The van der Waals surface area contributed by atoms with E-state index >= 15 is 0 Å². The van der Waals surface area contributed by atoms with Gasteiger partial charge in [-0.1, -0.05) is 47.5 Å². The number of nitrogens with zero attached hydrogens (tertiary/aromatic N) is 1. The molecule has 1 heterocycles. The van der Waals surface area contributed by atoms with Gasteiger partial charge in [0.25, 0.3) is 0 Å². The number of aryl methyl sites for hydroxylation is 1. The van der Waals surface area contributed by atoms with Crippen LogP contribution in [0.2, 0.25) is 5.02 Å².